The summed E-state index contributed by atoms with van der Waals surface area (Å²) < 4.78 is 23.6. The number of sulfonamides is 1. The van der Waals surface area contributed by atoms with Crippen LogP contribution in [0.5, 0.6) is 0 Å². The zero-order chi connectivity index (χ0) is 12.2. The van der Waals surface area contributed by atoms with E-state index < -0.39 is 10.0 Å². The van der Waals surface area contributed by atoms with Crippen molar-refractivity contribution in [2.45, 2.75) is 13.8 Å². The van der Waals surface area contributed by atoms with Gasteiger partial charge in [0, 0.05) is 19.8 Å². The summed E-state index contributed by atoms with van der Waals surface area (Å²) in [5.74, 6) is 0.492. The first-order chi connectivity index (χ1) is 6.70. The largest absolute Gasteiger partial charge is 0.329 e. The molecular formula is C9H19N3O2S. The summed E-state index contributed by atoms with van der Waals surface area (Å²) in [7, 11) is -0.318. The van der Waals surface area contributed by atoms with Gasteiger partial charge in [0.15, 0.2) is 0 Å². The van der Waals surface area contributed by atoms with E-state index in [-0.39, 0.29) is 11.9 Å². The highest BCUT2D eigenvalue weighted by atomic mass is 32.2. The van der Waals surface area contributed by atoms with Crippen LogP contribution in [0.1, 0.15) is 13.8 Å². The van der Waals surface area contributed by atoms with Crippen molar-refractivity contribution in [1.29, 1.82) is 0 Å². The third-order valence-electron chi connectivity index (χ3n) is 1.98. The molecule has 0 aliphatic rings. The third kappa shape index (κ3) is 4.33. The molecule has 0 rings (SSSR count). The van der Waals surface area contributed by atoms with E-state index in [9.17, 15) is 8.42 Å². The maximum atomic E-state index is 11.3. The molecule has 1 N–H and O–H groups in total. The molecule has 0 unspecified atom stereocenters. The molecule has 0 aromatic rings. The maximum absolute atomic E-state index is 11.3. The van der Waals surface area contributed by atoms with Gasteiger partial charge in [0.05, 0.1) is 6.26 Å². The molecule has 0 aromatic heterocycles. The van der Waals surface area contributed by atoms with Crippen molar-refractivity contribution in [2.24, 2.45) is 10.9 Å². The van der Waals surface area contributed by atoms with E-state index in [4.69, 9.17) is 0 Å². The lowest BCUT2D eigenvalue weighted by atomic mass is 10.2. The van der Waals surface area contributed by atoms with E-state index in [2.05, 4.69) is 16.9 Å². The lowest BCUT2D eigenvalue weighted by Crippen LogP contribution is -2.42. The highest BCUT2D eigenvalue weighted by Gasteiger charge is 2.16. The van der Waals surface area contributed by atoms with Crippen molar-refractivity contribution in [3.05, 3.63) is 12.3 Å². The first-order valence-corrected chi connectivity index (χ1v) is 6.41. The molecule has 15 heavy (non-hydrogen) atoms. The number of guanidine groups is 1. The molecule has 88 valence electrons. The first kappa shape index (κ1) is 14.0. The van der Waals surface area contributed by atoms with E-state index in [1.807, 2.05) is 13.8 Å². The van der Waals surface area contributed by atoms with Gasteiger partial charge < -0.3 is 5.32 Å². The maximum Gasteiger partial charge on any atom is 0.234 e. The fourth-order valence-electron chi connectivity index (χ4n) is 0.720. The Bertz CT molecular complexity index is 358. The Balaban J connectivity index is 4.76. The van der Waals surface area contributed by atoms with Crippen LogP contribution in [0.3, 0.4) is 0 Å². The van der Waals surface area contributed by atoms with E-state index >= 15 is 0 Å². The third-order valence-corrected chi connectivity index (χ3v) is 3.14. The van der Waals surface area contributed by atoms with Crippen LogP contribution in [0.2, 0.25) is 0 Å². The van der Waals surface area contributed by atoms with Gasteiger partial charge in [-0.2, -0.15) is 0 Å². The Morgan fingerprint density at radius 3 is 2.20 bits per heavy atom. The van der Waals surface area contributed by atoms with E-state index in [1.165, 1.54) is 14.1 Å². The molecule has 6 heteroatoms. The van der Waals surface area contributed by atoms with Crippen LogP contribution in [0.15, 0.2) is 17.3 Å². The smallest absolute Gasteiger partial charge is 0.234 e. The van der Waals surface area contributed by atoms with Gasteiger partial charge in [-0.05, 0) is 5.92 Å². The number of nitrogens with zero attached hydrogens (tertiary/aromatic N) is 2. The second kappa shape index (κ2) is 5.16. The molecule has 0 fully saturated rings. The molecule has 0 aliphatic heterocycles. The Kier molecular flexibility index (Phi) is 4.80. The number of rotatable bonds is 3. The lowest BCUT2D eigenvalue weighted by molar-refractivity contribution is 0.552. The predicted molar refractivity (Wildman–Crippen MR) is 63.1 cm³/mol. The summed E-state index contributed by atoms with van der Waals surface area (Å²) in [6.07, 6.45) is 1.12. The van der Waals surface area contributed by atoms with Gasteiger partial charge >= 0.3 is 0 Å². The van der Waals surface area contributed by atoms with Gasteiger partial charge in [0.1, 0.15) is 0 Å². The monoisotopic (exact) mass is 233 g/mol. The molecule has 0 radical (unpaired) electrons. The summed E-state index contributed by atoms with van der Waals surface area (Å²) in [6, 6.07) is 0. The second-order valence-electron chi connectivity index (χ2n) is 3.58. The molecule has 0 heterocycles. The Morgan fingerprint density at radius 2 is 1.93 bits per heavy atom. The minimum Gasteiger partial charge on any atom is -0.329 e. The summed E-state index contributed by atoms with van der Waals surface area (Å²) in [5, 5.41) is 2.87. The minimum absolute atomic E-state index is 0.217. The Labute approximate surface area is 91.9 Å². The van der Waals surface area contributed by atoms with Crippen molar-refractivity contribution in [2.75, 3.05) is 20.4 Å². The average Bonchev–Trinajstić information content (AvgIpc) is 2.10. The first-order valence-electron chi connectivity index (χ1n) is 4.56. The van der Waals surface area contributed by atoms with Crippen molar-refractivity contribution < 1.29 is 8.42 Å². The predicted octanol–water partition coefficient (Wildman–Crippen LogP) is 0.623. The molecule has 0 amide bonds. The molecule has 5 nitrogen and oxygen atoms in total. The van der Waals surface area contributed by atoms with Crippen LogP contribution >= 0.6 is 0 Å². The average molecular weight is 233 g/mol. The zero-order valence-corrected chi connectivity index (χ0v) is 10.7. The number of allylic oxidation sites excluding steroid dienone is 1. The van der Waals surface area contributed by atoms with E-state index in [0.717, 1.165) is 16.3 Å². The second-order valence-corrected chi connectivity index (χ2v) is 5.60. The van der Waals surface area contributed by atoms with E-state index in [1.54, 1.807) is 0 Å². The number of aliphatic imine (C=N–C) groups is 1. The van der Waals surface area contributed by atoms with Crippen LogP contribution in [0.25, 0.3) is 0 Å². The molecule has 0 aromatic carbocycles. The molecular weight excluding hydrogens is 214 g/mol. The summed E-state index contributed by atoms with van der Waals surface area (Å²) in [5.41, 5.74) is 0.728. The standard InChI is InChI=1S/C9H19N3O2S/c1-7(2)8(3)11-9(10-4)12(5)15(6,13)14/h7H,3H2,1-2,4-6H3,(H,10,11). The van der Waals surface area contributed by atoms with Gasteiger partial charge in [-0.25, -0.2) is 12.7 Å². The van der Waals surface area contributed by atoms with Gasteiger partial charge in [0.2, 0.25) is 16.0 Å². The fourth-order valence-corrected chi connectivity index (χ4v) is 1.16. The van der Waals surface area contributed by atoms with Gasteiger partial charge in [-0.1, -0.05) is 20.4 Å². The normalized spacial score (nSPS) is 12.8. The molecule has 0 atom stereocenters. The number of nitrogens with one attached hydrogen (secondary N) is 1. The Morgan fingerprint density at radius 1 is 1.47 bits per heavy atom. The topological polar surface area (TPSA) is 61.8 Å². The SMILES string of the molecule is C=C(NC(=NC)N(C)S(C)(=O)=O)C(C)C. The Hall–Kier alpha value is -1.04. The van der Waals surface area contributed by atoms with Crippen molar-refractivity contribution in [3.8, 4) is 0 Å². The number of hydrogen-bond acceptors (Lipinski definition) is 3. The van der Waals surface area contributed by atoms with Crippen LogP contribution in [0.4, 0.5) is 0 Å². The van der Waals surface area contributed by atoms with Gasteiger partial charge in [-0.15, -0.1) is 0 Å². The van der Waals surface area contributed by atoms with E-state index in [0.29, 0.717) is 0 Å². The van der Waals surface area contributed by atoms with Crippen molar-refractivity contribution >= 4 is 16.0 Å². The van der Waals surface area contributed by atoms with Crippen LogP contribution in [0, 0.1) is 5.92 Å². The molecule has 0 saturated heterocycles. The van der Waals surface area contributed by atoms with Crippen LogP contribution in [-0.4, -0.2) is 39.0 Å². The lowest BCUT2D eigenvalue weighted by Gasteiger charge is -2.21. The van der Waals surface area contributed by atoms with Crippen molar-refractivity contribution in [3.63, 3.8) is 0 Å². The molecule has 0 aliphatic carbocycles. The molecule has 0 spiro atoms. The summed E-state index contributed by atoms with van der Waals surface area (Å²) >= 11 is 0. The molecule has 0 saturated carbocycles. The highest BCUT2D eigenvalue weighted by molar-refractivity contribution is 7.88. The van der Waals surface area contributed by atoms with Crippen LogP contribution < -0.4 is 5.32 Å². The summed E-state index contributed by atoms with van der Waals surface area (Å²) in [6.45, 7) is 7.72. The zero-order valence-electron chi connectivity index (χ0n) is 9.90. The number of hydrogen-bond donors (Lipinski definition) is 1. The minimum atomic E-state index is -3.29. The highest BCUT2D eigenvalue weighted by Crippen LogP contribution is 2.04. The quantitative estimate of drug-likeness (QED) is 0.574. The van der Waals surface area contributed by atoms with Gasteiger partial charge in [-0.3, -0.25) is 4.99 Å². The van der Waals surface area contributed by atoms with Crippen molar-refractivity contribution in [1.82, 2.24) is 9.62 Å². The fraction of sp³-hybridized carbons (Fsp3) is 0.667. The molecule has 0 bridgehead atoms. The van der Waals surface area contributed by atoms with Gasteiger partial charge in [0.25, 0.3) is 0 Å². The summed E-state index contributed by atoms with van der Waals surface area (Å²) in [4.78, 5) is 3.87. The van der Waals surface area contributed by atoms with Crippen LogP contribution in [-0.2, 0) is 10.0 Å².